The van der Waals surface area contributed by atoms with Crippen LogP contribution in [0.25, 0.3) is 0 Å². The number of halogens is 4. The lowest BCUT2D eigenvalue weighted by Gasteiger charge is -2.20. The van der Waals surface area contributed by atoms with Crippen LogP contribution in [-0.2, 0) is 6.42 Å². The highest BCUT2D eigenvalue weighted by Crippen LogP contribution is 2.25. The van der Waals surface area contributed by atoms with E-state index in [0.717, 1.165) is 12.0 Å². The first-order chi connectivity index (χ1) is 8.42. The Balaban J connectivity index is 2.69. The van der Waals surface area contributed by atoms with E-state index in [1.165, 1.54) is 0 Å². The van der Waals surface area contributed by atoms with Gasteiger partial charge in [0.2, 0.25) is 0 Å². The molecule has 0 amide bonds. The molecule has 0 aliphatic heterocycles. The van der Waals surface area contributed by atoms with Gasteiger partial charge in [-0.05, 0) is 31.0 Å². The average Bonchev–Trinajstić information content (AvgIpc) is 2.27. The minimum Gasteiger partial charge on any atom is -0.313 e. The Morgan fingerprint density at radius 1 is 1.28 bits per heavy atom. The Hall–Kier alpha value is -0.740. The molecule has 5 heteroatoms. The van der Waals surface area contributed by atoms with E-state index in [9.17, 15) is 13.2 Å². The molecule has 0 radical (unpaired) electrons. The maximum absolute atomic E-state index is 12.5. The fourth-order valence-corrected chi connectivity index (χ4v) is 1.99. The van der Waals surface area contributed by atoms with Crippen LogP contribution >= 0.6 is 11.6 Å². The zero-order chi connectivity index (χ0) is 13.6. The molecule has 1 aromatic rings. The van der Waals surface area contributed by atoms with Crippen molar-refractivity contribution in [2.24, 2.45) is 0 Å². The van der Waals surface area contributed by atoms with Crippen LogP contribution < -0.4 is 5.32 Å². The third kappa shape index (κ3) is 5.74. The highest BCUT2D eigenvalue weighted by Gasteiger charge is 2.31. The maximum Gasteiger partial charge on any atom is 0.390 e. The van der Waals surface area contributed by atoms with Gasteiger partial charge in [0.15, 0.2) is 0 Å². The zero-order valence-electron chi connectivity index (χ0n) is 10.2. The van der Waals surface area contributed by atoms with Gasteiger partial charge >= 0.3 is 6.18 Å². The monoisotopic (exact) mass is 279 g/mol. The van der Waals surface area contributed by atoms with Gasteiger partial charge in [-0.1, -0.05) is 36.7 Å². The normalized spacial score (nSPS) is 13.6. The Bertz CT molecular complexity index is 365. The van der Waals surface area contributed by atoms with E-state index in [4.69, 9.17) is 11.6 Å². The van der Waals surface area contributed by atoms with Gasteiger partial charge in [-0.15, -0.1) is 0 Å². The summed E-state index contributed by atoms with van der Waals surface area (Å²) >= 11 is 5.96. The predicted molar refractivity (Wildman–Crippen MR) is 67.9 cm³/mol. The molecular weight excluding hydrogens is 263 g/mol. The minimum atomic E-state index is -4.16. The number of alkyl halides is 3. The van der Waals surface area contributed by atoms with Crippen molar-refractivity contribution in [2.75, 3.05) is 6.54 Å². The summed E-state index contributed by atoms with van der Waals surface area (Å²) in [5, 5.41) is 3.44. The molecule has 102 valence electrons. The molecule has 0 heterocycles. The van der Waals surface area contributed by atoms with Crippen LogP contribution in [0.2, 0.25) is 5.02 Å². The molecule has 0 fully saturated rings. The summed E-state index contributed by atoms with van der Waals surface area (Å²) in [5.74, 6) is 0. The Labute approximate surface area is 110 Å². The minimum absolute atomic E-state index is 0.291. The largest absolute Gasteiger partial charge is 0.390 e. The molecule has 0 bridgehead atoms. The predicted octanol–water partition coefficient (Wildman–Crippen LogP) is 4.20. The molecule has 0 spiro atoms. The molecule has 0 saturated heterocycles. The molecule has 18 heavy (non-hydrogen) atoms. The first-order valence-corrected chi connectivity index (χ1v) is 6.33. The molecule has 1 aromatic carbocycles. The second-order valence-electron chi connectivity index (χ2n) is 4.27. The van der Waals surface area contributed by atoms with Crippen molar-refractivity contribution < 1.29 is 13.2 Å². The van der Waals surface area contributed by atoms with Crippen LogP contribution in [0.5, 0.6) is 0 Å². The second-order valence-corrected chi connectivity index (χ2v) is 4.67. The van der Waals surface area contributed by atoms with Crippen molar-refractivity contribution in [3.63, 3.8) is 0 Å². The third-order valence-electron chi connectivity index (χ3n) is 2.59. The van der Waals surface area contributed by atoms with Gasteiger partial charge in [0.1, 0.15) is 0 Å². The van der Waals surface area contributed by atoms with Gasteiger partial charge in [0.05, 0.1) is 6.42 Å². The SMILES string of the molecule is CCCNC(Cc1ccccc1Cl)CC(F)(F)F. The summed E-state index contributed by atoms with van der Waals surface area (Å²) in [6.45, 7) is 2.50. The number of benzene rings is 1. The zero-order valence-corrected chi connectivity index (χ0v) is 11.0. The van der Waals surface area contributed by atoms with Crippen LogP contribution in [0.3, 0.4) is 0 Å². The van der Waals surface area contributed by atoms with Gasteiger partial charge in [-0.25, -0.2) is 0 Å². The van der Waals surface area contributed by atoms with Crippen molar-refractivity contribution in [1.29, 1.82) is 0 Å². The number of hydrogen-bond acceptors (Lipinski definition) is 1. The Kier molecular flexibility index (Phi) is 5.96. The van der Waals surface area contributed by atoms with E-state index in [0.29, 0.717) is 18.0 Å². The lowest BCUT2D eigenvalue weighted by Crippen LogP contribution is -2.36. The van der Waals surface area contributed by atoms with Crippen molar-refractivity contribution >= 4 is 11.6 Å². The smallest absolute Gasteiger partial charge is 0.313 e. The summed E-state index contributed by atoms with van der Waals surface area (Å²) < 4.78 is 37.4. The Morgan fingerprint density at radius 3 is 2.50 bits per heavy atom. The Morgan fingerprint density at radius 2 is 1.94 bits per heavy atom. The summed E-state index contributed by atoms with van der Waals surface area (Å²) in [4.78, 5) is 0. The molecule has 0 aromatic heterocycles. The van der Waals surface area contributed by atoms with E-state index in [2.05, 4.69) is 5.32 Å². The second kappa shape index (κ2) is 7.00. The van der Waals surface area contributed by atoms with Crippen LogP contribution in [0.15, 0.2) is 24.3 Å². The highest BCUT2D eigenvalue weighted by molar-refractivity contribution is 6.31. The summed E-state index contributed by atoms with van der Waals surface area (Å²) in [6, 6.07) is 6.39. The van der Waals surface area contributed by atoms with Gasteiger partial charge < -0.3 is 5.32 Å². The van der Waals surface area contributed by atoms with E-state index in [1.54, 1.807) is 24.3 Å². The van der Waals surface area contributed by atoms with Crippen LogP contribution in [-0.4, -0.2) is 18.8 Å². The summed E-state index contributed by atoms with van der Waals surface area (Å²) in [5.41, 5.74) is 0.747. The third-order valence-corrected chi connectivity index (χ3v) is 2.95. The summed E-state index contributed by atoms with van der Waals surface area (Å²) in [7, 11) is 0. The number of rotatable bonds is 6. The van der Waals surface area contributed by atoms with E-state index in [-0.39, 0.29) is 0 Å². The quantitative estimate of drug-likeness (QED) is 0.823. The first kappa shape index (κ1) is 15.3. The van der Waals surface area contributed by atoms with Crippen LogP contribution in [0.1, 0.15) is 25.3 Å². The van der Waals surface area contributed by atoms with Crippen molar-refractivity contribution in [2.45, 2.75) is 38.4 Å². The molecule has 1 atom stereocenters. The fraction of sp³-hybridized carbons (Fsp3) is 0.538. The number of nitrogens with one attached hydrogen (secondary N) is 1. The molecule has 1 N–H and O–H groups in total. The van der Waals surface area contributed by atoms with E-state index < -0.39 is 18.6 Å². The van der Waals surface area contributed by atoms with Crippen molar-refractivity contribution in [3.05, 3.63) is 34.9 Å². The molecule has 1 unspecified atom stereocenters. The molecule has 1 rings (SSSR count). The highest BCUT2D eigenvalue weighted by atomic mass is 35.5. The van der Waals surface area contributed by atoms with E-state index >= 15 is 0 Å². The van der Waals surface area contributed by atoms with Crippen LogP contribution in [0, 0.1) is 0 Å². The lowest BCUT2D eigenvalue weighted by molar-refractivity contribution is -0.139. The van der Waals surface area contributed by atoms with Crippen molar-refractivity contribution in [3.8, 4) is 0 Å². The first-order valence-electron chi connectivity index (χ1n) is 5.96. The van der Waals surface area contributed by atoms with Gasteiger partial charge in [0, 0.05) is 11.1 Å². The maximum atomic E-state index is 12.5. The standard InChI is InChI=1S/C13H17ClF3N/c1-2-7-18-11(9-13(15,16)17)8-10-5-3-4-6-12(10)14/h3-6,11,18H,2,7-9H2,1H3. The van der Waals surface area contributed by atoms with Gasteiger partial charge in [-0.2, -0.15) is 13.2 Å². The number of hydrogen-bond donors (Lipinski definition) is 1. The van der Waals surface area contributed by atoms with E-state index in [1.807, 2.05) is 6.92 Å². The molecule has 0 saturated carbocycles. The fourth-order valence-electron chi connectivity index (χ4n) is 1.77. The molecule has 1 nitrogen and oxygen atoms in total. The van der Waals surface area contributed by atoms with Gasteiger partial charge in [-0.3, -0.25) is 0 Å². The van der Waals surface area contributed by atoms with Crippen molar-refractivity contribution in [1.82, 2.24) is 5.32 Å². The average molecular weight is 280 g/mol. The topological polar surface area (TPSA) is 12.0 Å². The molecule has 0 aliphatic rings. The lowest BCUT2D eigenvalue weighted by atomic mass is 10.0. The van der Waals surface area contributed by atoms with Gasteiger partial charge in [0.25, 0.3) is 0 Å². The molecular formula is C13H17ClF3N. The summed E-state index contributed by atoms with van der Waals surface area (Å²) in [6.07, 6.45) is -3.90. The van der Waals surface area contributed by atoms with Crippen LogP contribution in [0.4, 0.5) is 13.2 Å². The molecule has 0 aliphatic carbocycles.